The van der Waals surface area contributed by atoms with Crippen LogP contribution in [0.2, 0.25) is 0 Å². The number of hydrogen-bond acceptors (Lipinski definition) is 3. The number of nitrogens with one attached hydrogen (secondary N) is 2. The van der Waals surface area contributed by atoms with E-state index < -0.39 is 29.3 Å². The molecule has 16 heavy (non-hydrogen) atoms. The number of amides is 2. The van der Waals surface area contributed by atoms with Gasteiger partial charge in [0.2, 0.25) is 0 Å². The van der Waals surface area contributed by atoms with Gasteiger partial charge in [-0.1, -0.05) is 0 Å². The third kappa shape index (κ3) is 4.11. The summed E-state index contributed by atoms with van der Waals surface area (Å²) >= 11 is 0. The molecule has 0 unspecified atom stereocenters. The van der Waals surface area contributed by atoms with Crippen LogP contribution in [-0.2, 0) is 9.59 Å². The minimum Gasteiger partial charge on any atom is -0.341 e. The Hall–Kier alpha value is -1.86. The Morgan fingerprint density at radius 1 is 1.19 bits per heavy atom. The number of allylic oxidation sites excluding steroid dienone is 1. The van der Waals surface area contributed by atoms with Crippen molar-refractivity contribution in [3.8, 4) is 0 Å². The largest absolute Gasteiger partial charge is 0.455 e. The summed E-state index contributed by atoms with van der Waals surface area (Å²) in [7, 11) is 1.22. The number of Topliss-reactive ketones (excluding diaryl/α,β-unsaturated/α-hetero) is 2. The average Bonchev–Trinajstić information content (AvgIpc) is 2.15. The van der Waals surface area contributed by atoms with Gasteiger partial charge in [-0.3, -0.25) is 9.59 Å². The number of urea groups is 1. The first-order chi connectivity index (χ1) is 7.20. The molecule has 0 heterocycles. The van der Waals surface area contributed by atoms with Crippen LogP contribution in [0, 0.1) is 0 Å². The Bertz CT molecular complexity index is 347. The third-order valence-corrected chi connectivity index (χ3v) is 1.46. The quantitative estimate of drug-likeness (QED) is 0.427. The van der Waals surface area contributed by atoms with Gasteiger partial charge in [-0.25, -0.2) is 4.79 Å². The molecule has 8 heteroatoms. The van der Waals surface area contributed by atoms with Crippen LogP contribution in [0.5, 0.6) is 0 Å². The fraction of sp³-hybridized carbons (Fsp3) is 0.375. The molecular formula is C8H9F3N2O3. The van der Waals surface area contributed by atoms with E-state index in [2.05, 4.69) is 0 Å². The number of ketones is 2. The van der Waals surface area contributed by atoms with E-state index in [0.29, 0.717) is 6.20 Å². The van der Waals surface area contributed by atoms with E-state index in [0.717, 1.165) is 6.92 Å². The van der Waals surface area contributed by atoms with Crippen LogP contribution in [0.25, 0.3) is 0 Å². The molecule has 2 N–H and O–H groups in total. The second-order valence-electron chi connectivity index (χ2n) is 2.66. The molecule has 0 spiro atoms. The maximum atomic E-state index is 12.0. The number of alkyl halides is 3. The molecule has 5 nitrogen and oxygen atoms in total. The van der Waals surface area contributed by atoms with E-state index in [-0.39, 0.29) is 0 Å². The van der Waals surface area contributed by atoms with Crippen LogP contribution < -0.4 is 10.6 Å². The van der Waals surface area contributed by atoms with Gasteiger partial charge in [-0.2, -0.15) is 13.2 Å². The Labute approximate surface area is 88.7 Å². The summed E-state index contributed by atoms with van der Waals surface area (Å²) < 4.78 is 36.0. The smallest absolute Gasteiger partial charge is 0.341 e. The lowest BCUT2D eigenvalue weighted by Crippen LogP contribution is -2.32. The lowest BCUT2D eigenvalue weighted by Gasteiger charge is -2.06. The summed E-state index contributed by atoms with van der Waals surface area (Å²) in [5.74, 6) is -3.38. The summed E-state index contributed by atoms with van der Waals surface area (Å²) in [6, 6.07) is -0.839. The predicted octanol–water partition coefficient (Wildman–Crippen LogP) is 0.520. The topological polar surface area (TPSA) is 75.3 Å². The molecule has 0 aliphatic rings. The normalized spacial score (nSPS) is 11.9. The first kappa shape index (κ1) is 14.1. The van der Waals surface area contributed by atoms with Crippen LogP contribution in [0.15, 0.2) is 11.8 Å². The zero-order valence-corrected chi connectivity index (χ0v) is 8.44. The van der Waals surface area contributed by atoms with Crippen molar-refractivity contribution in [2.45, 2.75) is 13.1 Å². The zero-order chi connectivity index (χ0) is 12.9. The highest BCUT2D eigenvalue weighted by Gasteiger charge is 2.42. The second-order valence-corrected chi connectivity index (χ2v) is 2.66. The molecule has 0 atom stereocenters. The molecule has 0 aromatic heterocycles. The molecule has 2 amide bonds. The molecule has 0 aromatic rings. The summed E-state index contributed by atoms with van der Waals surface area (Å²) in [6.07, 6.45) is -4.72. The van der Waals surface area contributed by atoms with Crippen LogP contribution in [-0.4, -0.2) is 30.8 Å². The van der Waals surface area contributed by atoms with Crippen molar-refractivity contribution in [3.63, 3.8) is 0 Å². The molecule has 0 aromatic carbocycles. The van der Waals surface area contributed by atoms with Crippen LogP contribution in [0.4, 0.5) is 18.0 Å². The van der Waals surface area contributed by atoms with Gasteiger partial charge in [-0.15, -0.1) is 0 Å². The van der Waals surface area contributed by atoms with E-state index in [1.807, 2.05) is 10.6 Å². The highest BCUT2D eigenvalue weighted by atomic mass is 19.4. The van der Waals surface area contributed by atoms with Gasteiger partial charge in [0.25, 0.3) is 5.78 Å². The molecule has 0 bridgehead atoms. The van der Waals surface area contributed by atoms with Crippen molar-refractivity contribution in [3.05, 3.63) is 11.8 Å². The van der Waals surface area contributed by atoms with Crippen molar-refractivity contribution >= 4 is 17.6 Å². The van der Waals surface area contributed by atoms with Crippen molar-refractivity contribution < 1.29 is 27.6 Å². The number of hydrogen-bond donors (Lipinski definition) is 2. The molecule has 90 valence electrons. The minimum absolute atomic E-state index is 0.428. The van der Waals surface area contributed by atoms with Gasteiger partial charge in [0, 0.05) is 13.2 Å². The summed E-state index contributed by atoms with van der Waals surface area (Å²) in [5, 5.41) is 3.85. The van der Waals surface area contributed by atoms with Gasteiger partial charge in [0.05, 0.1) is 5.57 Å². The number of rotatable bonds is 3. The Balaban J connectivity index is 4.96. The molecule has 0 saturated carbocycles. The van der Waals surface area contributed by atoms with E-state index in [1.54, 1.807) is 0 Å². The fourth-order valence-electron chi connectivity index (χ4n) is 0.690. The Kier molecular flexibility index (Phi) is 4.67. The minimum atomic E-state index is -5.15. The van der Waals surface area contributed by atoms with Gasteiger partial charge >= 0.3 is 12.2 Å². The zero-order valence-electron chi connectivity index (χ0n) is 8.44. The van der Waals surface area contributed by atoms with Crippen molar-refractivity contribution in [1.29, 1.82) is 0 Å². The summed E-state index contributed by atoms with van der Waals surface area (Å²) in [6.45, 7) is 0.793. The Morgan fingerprint density at radius 2 is 1.69 bits per heavy atom. The monoisotopic (exact) mass is 238 g/mol. The van der Waals surface area contributed by atoms with Gasteiger partial charge in [0.15, 0.2) is 5.78 Å². The van der Waals surface area contributed by atoms with Gasteiger partial charge in [0.1, 0.15) is 0 Å². The molecule has 0 saturated heterocycles. The lowest BCUT2D eigenvalue weighted by atomic mass is 10.1. The number of halogens is 3. The third-order valence-electron chi connectivity index (χ3n) is 1.46. The number of carbonyl (C=O) groups is 3. The molecule has 0 fully saturated rings. The first-order valence-electron chi connectivity index (χ1n) is 4.01. The Morgan fingerprint density at radius 3 is 2.00 bits per heavy atom. The number of carbonyl (C=O) groups excluding carboxylic acids is 3. The SMILES string of the molecule is CNC(=O)N/C=C(\C(C)=O)C(=O)C(F)(F)F. The van der Waals surface area contributed by atoms with Gasteiger partial charge < -0.3 is 10.6 Å². The molecule has 0 radical (unpaired) electrons. The second kappa shape index (κ2) is 5.29. The highest BCUT2D eigenvalue weighted by Crippen LogP contribution is 2.20. The molecule has 0 aliphatic heterocycles. The van der Waals surface area contributed by atoms with Crippen molar-refractivity contribution in [2.75, 3.05) is 7.05 Å². The standard InChI is InChI=1S/C8H9F3N2O3/c1-4(14)5(3-13-7(16)12-2)6(15)8(9,10)11/h3H,1-2H3,(H2,12,13,16)/b5-3+. The van der Waals surface area contributed by atoms with Gasteiger partial charge in [-0.05, 0) is 6.92 Å². The predicted molar refractivity (Wildman–Crippen MR) is 47.4 cm³/mol. The van der Waals surface area contributed by atoms with E-state index in [9.17, 15) is 27.6 Å². The van der Waals surface area contributed by atoms with Crippen molar-refractivity contribution in [2.24, 2.45) is 0 Å². The van der Waals surface area contributed by atoms with Crippen LogP contribution in [0.3, 0.4) is 0 Å². The van der Waals surface area contributed by atoms with E-state index in [1.165, 1.54) is 7.05 Å². The molecule has 0 aliphatic carbocycles. The fourth-order valence-corrected chi connectivity index (χ4v) is 0.690. The first-order valence-corrected chi connectivity index (χ1v) is 4.01. The average molecular weight is 238 g/mol. The van der Waals surface area contributed by atoms with E-state index in [4.69, 9.17) is 0 Å². The maximum absolute atomic E-state index is 12.0. The maximum Gasteiger partial charge on any atom is 0.455 e. The molecular weight excluding hydrogens is 229 g/mol. The van der Waals surface area contributed by atoms with E-state index >= 15 is 0 Å². The van der Waals surface area contributed by atoms with Crippen molar-refractivity contribution in [1.82, 2.24) is 10.6 Å². The molecule has 0 rings (SSSR count). The summed E-state index contributed by atoms with van der Waals surface area (Å²) in [4.78, 5) is 32.1. The highest BCUT2D eigenvalue weighted by molar-refractivity contribution is 6.21. The lowest BCUT2D eigenvalue weighted by molar-refractivity contribution is -0.167. The summed E-state index contributed by atoms with van der Waals surface area (Å²) in [5.41, 5.74) is -1.13. The van der Waals surface area contributed by atoms with Crippen LogP contribution >= 0.6 is 0 Å². The van der Waals surface area contributed by atoms with Crippen LogP contribution in [0.1, 0.15) is 6.92 Å².